The van der Waals surface area contributed by atoms with Crippen LogP contribution in [0.15, 0.2) is 48.5 Å². The van der Waals surface area contributed by atoms with Crippen LogP contribution in [0.2, 0.25) is 0 Å². The van der Waals surface area contributed by atoms with Crippen molar-refractivity contribution in [3.63, 3.8) is 0 Å². The van der Waals surface area contributed by atoms with Crippen LogP contribution in [0.25, 0.3) is 0 Å². The van der Waals surface area contributed by atoms with E-state index >= 15 is 0 Å². The maximum absolute atomic E-state index is 12.1. The van der Waals surface area contributed by atoms with Crippen molar-refractivity contribution in [1.82, 2.24) is 0 Å². The summed E-state index contributed by atoms with van der Waals surface area (Å²) in [7, 11) is 0. The van der Waals surface area contributed by atoms with Crippen LogP contribution in [0.3, 0.4) is 0 Å². The van der Waals surface area contributed by atoms with Gasteiger partial charge in [-0.05, 0) is 29.2 Å². The monoisotopic (exact) mass is 308 g/mol. The summed E-state index contributed by atoms with van der Waals surface area (Å²) in [5, 5.41) is 11.9. The van der Waals surface area contributed by atoms with Gasteiger partial charge in [0.25, 0.3) is 5.91 Å². The summed E-state index contributed by atoms with van der Waals surface area (Å²) in [4.78, 5) is 12.1. The lowest BCUT2D eigenvalue weighted by Crippen LogP contribution is -2.23. The van der Waals surface area contributed by atoms with Crippen LogP contribution in [0, 0.1) is 11.3 Å². The summed E-state index contributed by atoms with van der Waals surface area (Å²) in [6.45, 7) is 6.14. The van der Waals surface area contributed by atoms with Gasteiger partial charge in [0.15, 0.2) is 6.61 Å². The van der Waals surface area contributed by atoms with Gasteiger partial charge in [0.1, 0.15) is 11.8 Å². The van der Waals surface area contributed by atoms with Crippen LogP contribution in [-0.4, -0.2) is 12.5 Å². The highest BCUT2D eigenvalue weighted by Crippen LogP contribution is 2.29. The molecule has 2 aromatic carbocycles. The minimum absolute atomic E-state index is 0.0713. The van der Waals surface area contributed by atoms with Crippen molar-refractivity contribution >= 4 is 11.6 Å². The molecule has 1 N–H and O–H groups in total. The van der Waals surface area contributed by atoms with E-state index in [0.717, 1.165) is 11.3 Å². The van der Waals surface area contributed by atoms with Gasteiger partial charge in [0.2, 0.25) is 0 Å². The number of anilines is 1. The lowest BCUT2D eigenvalue weighted by atomic mass is 9.86. The van der Waals surface area contributed by atoms with Crippen LogP contribution < -0.4 is 10.1 Å². The number of hydrogen-bond acceptors (Lipinski definition) is 3. The SMILES string of the molecule is CC(C)(C)c1ccccc1NC(=O)COc1ccccc1C#N. The number of amides is 1. The van der Waals surface area contributed by atoms with Crippen molar-refractivity contribution in [1.29, 1.82) is 5.26 Å². The molecule has 0 heterocycles. The first kappa shape index (κ1) is 16.6. The average Bonchev–Trinajstić information content (AvgIpc) is 2.52. The maximum Gasteiger partial charge on any atom is 0.262 e. The third-order valence-corrected chi connectivity index (χ3v) is 3.38. The summed E-state index contributed by atoms with van der Waals surface area (Å²) in [6, 6.07) is 16.6. The van der Waals surface area contributed by atoms with E-state index in [1.54, 1.807) is 24.3 Å². The average molecular weight is 308 g/mol. The Kier molecular flexibility index (Phi) is 5.02. The highest BCUT2D eigenvalue weighted by Gasteiger charge is 2.18. The molecule has 4 nitrogen and oxygen atoms in total. The molecule has 118 valence electrons. The highest BCUT2D eigenvalue weighted by atomic mass is 16.5. The molecule has 0 spiro atoms. The van der Waals surface area contributed by atoms with Gasteiger partial charge >= 0.3 is 0 Å². The molecule has 0 fully saturated rings. The molecule has 2 rings (SSSR count). The Morgan fingerprint density at radius 2 is 1.78 bits per heavy atom. The second kappa shape index (κ2) is 6.97. The molecule has 0 aromatic heterocycles. The number of nitrogens with zero attached hydrogens (tertiary/aromatic N) is 1. The fourth-order valence-corrected chi connectivity index (χ4v) is 2.26. The Bertz CT molecular complexity index is 740. The lowest BCUT2D eigenvalue weighted by molar-refractivity contribution is -0.118. The van der Waals surface area contributed by atoms with Gasteiger partial charge in [-0.2, -0.15) is 5.26 Å². The zero-order chi connectivity index (χ0) is 16.9. The van der Waals surface area contributed by atoms with Crippen molar-refractivity contribution < 1.29 is 9.53 Å². The summed E-state index contributed by atoms with van der Waals surface area (Å²) in [5.74, 6) is 0.156. The number of para-hydroxylation sites is 2. The molecule has 23 heavy (non-hydrogen) atoms. The summed E-state index contributed by atoms with van der Waals surface area (Å²) in [6.07, 6.45) is 0. The largest absolute Gasteiger partial charge is 0.482 e. The number of hydrogen-bond donors (Lipinski definition) is 1. The van der Waals surface area contributed by atoms with Crippen molar-refractivity contribution in [2.75, 3.05) is 11.9 Å². The minimum atomic E-state index is -0.255. The van der Waals surface area contributed by atoms with Crippen molar-refractivity contribution in [3.05, 3.63) is 59.7 Å². The molecule has 0 saturated heterocycles. The van der Waals surface area contributed by atoms with Crippen LogP contribution in [0.1, 0.15) is 31.9 Å². The molecule has 0 bridgehead atoms. The Labute approximate surface area is 136 Å². The molecule has 0 aliphatic rings. The molecule has 0 aliphatic carbocycles. The van der Waals surface area contributed by atoms with Crippen LogP contribution in [0.4, 0.5) is 5.69 Å². The molecule has 0 unspecified atom stereocenters. The van der Waals surface area contributed by atoms with E-state index in [2.05, 4.69) is 26.1 Å². The second-order valence-corrected chi connectivity index (χ2v) is 6.24. The van der Waals surface area contributed by atoms with Crippen LogP contribution >= 0.6 is 0 Å². The Morgan fingerprint density at radius 3 is 2.48 bits per heavy atom. The number of benzene rings is 2. The van der Waals surface area contributed by atoms with E-state index in [1.165, 1.54) is 0 Å². The quantitative estimate of drug-likeness (QED) is 0.932. The molecule has 0 atom stereocenters. The number of carbonyl (C=O) groups is 1. The lowest BCUT2D eigenvalue weighted by Gasteiger charge is -2.23. The standard InChI is InChI=1S/C19H20N2O2/c1-19(2,3)15-9-5-6-10-16(15)21-18(22)13-23-17-11-7-4-8-14(17)12-20/h4-11H,13H2,1-3H3,(H,21,22). The van der Waals surface area contributed by atoms with Gasteiger partial charge < -0.3 is 10.1 Å². The van der Waals surface area contributed by atoms with Gasteiger partial charge in [-0.15, -0.1) is 0 Å². The van der Waals surface area contributed by atoms with E-state index in [0.29, 0.717) is 11.3 Å². The highest BCUT2D eigenvalue weighted by molar-refractivity contribution is 5.92. The third-order valence-electron chi connectivity index (χ3n) is 3.38. The maximum atomic E-state index is 12.1. The van der Waals surface area contributed by atoms with E-state index < -0.39 is 0 Å². The van der Waals surface area contributed by atoms with Crippen molar-refractivity contribution in [3.8, 4) is 11.8 Å². The second-order valence-electron chi connectivity index (χ2n) is 6.24. The Balaban J connectivity index is 2.05. The van der Waals surface area contributed by atoms with E-state index in [9.17, 15) is 4.79 Å². The summed E-state index contributed by atoms with van der Waals surface area (Å²) in [5.41, 5.74) is 2.18. The van der Waals surface area contributed by atoms with Gasteiger partial charge in [0.05, 0.1) is 5.56 Å². The first-order valence-corrected chi connectivity index (χ1v) is 7.43. The van der Waals surface area contributed by atoms with E-state index in [4.69, 9.17) is 10.00 Å². The third kappa shape index (κ3) is 4.33. The smallest absolute Gasteiger partial charge is 0.262 e. The predicted octanol–water partition coefficient (Wildman–Crippen LogP) is 3.87. The fraction of sp³-hybridized carbons (Fsp3) is 0.263. The van der Waals surface area contributed by atoms with E-state index in [-0.39, 0.29) is 17.9 Å². The molecular formula is C19H20N2O2. The Morgan fingerprint density at radius 1 is 1.13 bits per heavy atom. The minimum Gasteiger partial charge on any atom is -0.482 e. The molecular weight excluding hydrogens is 288 g/mol. The molecule has 4 heteroatoms. The Hall–Kier alpha value is -2.80. The number of ether oxygens (including phenoxy) is 1. The first-order chi connectivity index (χ1) is 10.9. The van der Waals surface area contributed by atoms with Gasteiger partial charge in [-0.25, -0.2) is 0 Å². The van der Waals surface area contributed by atoms with Gasteiger partial charge in [-0.1, -0.05) is 51.1 Å². The zero-order valence-electron chi connectivity index (χ0n) is 13.6. The zero-order valence-corrected chi connectivity index (χ0v) is 13.6. The number of nitriles is 1. The normalized spacial score (nSPS) is 10.7. The predicted molar refractivity (Wildman–Crippen MR) is 90.4 cm³/mol. The van der Waals surface area contributed by atoms with Crippen molar-refractivity contribution in [2.45, 2.75) is 26.2 Å². The first-order valence-electron chi connectivity index (χ1n) is 7.43. The number of carbonyl (C=O) groups excluding carboxylic acids is 1. The molecule has 0 saturated carbocycles. The summed E-state index contributed by atoms with van der Waals surface area (Å²) >= 11 is 0. The fourth-order valence-electron chi connectivity index (χ4n) is 2.26. The molecule has 2 aromatic rings. The van der Waals surface area contributed by atoms with Crippen LogP contribution in [-0.2, 0) is 10.2 Å². The number of nitrogens with one attached hydrogen (secondary N) is 1. The topological polar surface area (TPSA) is 62.1 Å². The van der Waals surface area contributed by atoms with Gasteiger partial charge in [-0.3, -0.25) is 4.79 Å². The van der Waals surface area contributed by atoms with Crippen molar-refractivity contribution in [2.24, 2.45) is 0 Å². The summed E-state index contributed by atoms with van der Waals surface area (Å²) < 4.78 is 5.45. The number of rotatable bonds is 4. The van der Waals surface area contributed by atoms with Gasteiger partial charge in [0, 0.05) is 5.69 Å². The molecule has 1 amide bonds. The molecule has 0 aliphatic heterocycles. The van der Waals surface area contributed by atoms with Crippen LogP contribution in [0.5, 0.6) is 5.75 Å². The van der Waals surface area contributed by atoms with E-state index in [1.807, 2.05) is 30.3 Å². The molecule has 0 radical (unpaired) electrons.